The number of nitro groups is 1. The number of fused-ring (bicyclic) bond motifs is 2. The summed E-state index contributed by atoms with van der Waals surface area (Å²) in [4.78, 5) is 36.0. The quantitative estimate of drug-likeness (QED) is 0.510. The second-order valence-corrected chi connectivity index (χ2v) is 5.48. The molecule has 3 rings (SSSR count). The van der Waals surface area contributed by atoms with E-state index < -0.39 is 10.7 Å². The second kappa shape index (κ2) is 4.59. The third-order valence-electron chi connectivity index (χ3n) is 4.34. The molecule has 0 saturated heterocycles. The van der Waals surface area contributed by atoms with Gasteiger partial charge in [-0.25, -0.2) is 0 Å². The van der Waals surface area contributed by atoms with Gasteiger partial charge in [0.15, 0.2) is 5.78 Å². The van der Waals surface area contributed by atoms with E-state index in [1.165, 1.54) is 18.2 Å². The Hall–Kier alpha value is -2.82. The highest BCUT2D eigenvalue weighted by molar-refractivity contribution is 6.30. The molecule has 0 aliphatic heterocycles. The SMILES string of the molecule is Cc1cc2c(c(C)c1C)C(=O)c1c(cccc1[N+](=O)[O-])C2=O. The van der Waals surface area contributed by atoms with Crippen LogP contribution in [0.25, 0.3) is 0 Å². The lowest BCUT2D eigenvalue weighted by molar-refractivity contribution is -0.385. The Bertz CT molecular complexity index is 881. The summed E-state index contributed by atoms with van der Waals surface area (Å²) < 4.78 is 0. The number of nitro benzene ring substituents is 1. The van der Waals surface area contributed by atoms with Crippen molar-refractivity contribution in [1.29, 1.82) is 0 Å². The molecule has 0 fully saturated rings. The minimum atomic E-state index is -0.620. The summed E-state index contributed by atoms with van der Waals surface area (Å²) in [5, 5.41) is 11.2. The maximum Gasteiger partial charge on any atom is 0.281 e. The van der Waals surface area contributed by atoms with Crippen molar-refractivity contribution in [2.75, 3.05) is 0 Å². The number of aryl methyl sites for hydroxylation is 1. The van der Waals surface area contributed by atoms with E-state index in [2.05, 4.69) is 0 Å². The molecule has 0 unspecified atom stereocenters. The lowest BCUT2D eigenvalue weighted by Gasteiger charge is -2.21. The van der Waals surface area contributed by atoms with Crippen molar-refractivity contribution in [2.45, 2.75) is 20.8 Å². The zero-order chi connectivity index (χ0) is 16.2. The largest absolute Gasteiger partial charge is 0.289 e. The van der Waals surface area contributed by atoms with E-state index in [9.17, 15) is 19.7 Å². The molecule has 0 N–H and O–H groups in total. The molecule has 0 aromatic heterocycles. The van der Waals surface area contributed by atoms with Crippen LogP contribution in [0.3, 0.4) is 0 Å². The van der Waals surface area contributed by atoms with Crippen LogP contribution in [-0.4, -0.2) is 16.5 Å². The third-order valence-corrected chi connectivity index (χ3v) is 4.34. The number of rotatable bonds is 1. The van der Waals surface area contributed by atoms with Crippen molar-refractivity contribution in [3.8, 4) is 0 Å². The van der Waals surface area contributed by atoms with Gasteiger partial charge in [-0.15, -0.1) is 0 Å². The van der Waals surface area contributed by atoms with E-state index in [0.29, 0.717) is 11.1 Å². The fourth-order valence-electron chi connectivity index (χ4n) is 2.94. The van der Waals surface area contributed by atoms with Crippen molar-refractivity contribution in [2.24, 2.45) is 0 Å². The molecule has 5 heteroatoms. The molecule has 0 atom stereocenters. The van der Waals surface area contributed by atoms with Crippen LogP contribution in [0.1, 0.15) is 48.5 Å². The molecule has 0 saturated carbocycles. The zero-order valence-electron chi connectivity index (χ0n) is 12.4. The number of carbonyl (C=O) groups excluding carboxylic acids is 2. The standard InChI is InChI=1S/C17H13NO4/c1-8-7-12-14(10(3)9(8)2)17(20)15-11(16(12)19)5-4-6-13(15)18(21)22/h4-7H,1-3H3. The highest BCUT2D eigenvalue weighted by Gasteiger charge is 2.36. The average Bonchev–Trinajstić information content (AvgIpc) is 2.49. The van der Waals surface area contributed by atoms with E-state index in [1.54, 1.807) is 13.0 Å². The van der Waals surface area contributed by atoms with Crippen LogP contribution < -0.4 is 0 Å². The first-order chi connectivity index (χ1) is 10.3. The Kier molecular flexibility index (Phi) is 2.95. The highest BCUT2D eigenvalue weighted by Crippen LogP contribution is 2.36. The number of ketones is 2. The van der Waals surface area contributed by atoms with Gasteiger partial charge in [0, 0.05) is 22.8 Å². The molecule has 1 aliphatic carbocycles. The Morgan fingerprint density at radius 3 is 2.23 bits per heavy atom. The van der Waals surface area contributed by atoms with E-state index in [0.717, 1.165) is 11.1 Å². The number of benzene rings is 2. The maximum atomic E-state index is 12.8. The highest BCUT2D eigenvalue weighted by atomic mass is 16.6. The second-order valence-electron chi connectivity index (χ2n) is 5.48. The normalized spacial score (nSPS) is 12.9. The van der Waals surface area contributed by atoms with E-state index in [1.807, 2.05) is 13.8 Å². The van der Waals surface area contributed by atoms with E-state index in [-0.39, 0.29) is 28.2 Å². The van der Waals surface area contributed by atoms with Crippen molar-refractivity contribution in [3.05, 3.63) is 73.3 Å². The molecule has 0 radical (unpaired) electrons. The minimum absolute atomic E-state index is 0.101. The Morgan fingerprint density at radius 1 is 0.909 bits per heavy atom. The molecule has 0 amide bonds. The van der Waals surface area contributed by atoms with Crippen LogP contribution in [0.2, 0.25) is 0 Å². The van der Waals surface area contributed by atoms with Crippen molar-refractivity contribution < 1.29 is 14.5 Å². The molecule has 0 spiro atoms. The molecule has 2 aromatic carbocycles. The van der Waals surface area contributed by atoms with E-state index >= 15 is 0 Å². The van der Waals surface area contributed by atoms with Crippen molar-refractivity contribution in [3.63, 3.8) is 0 Å². The van der Waals surface area contributed by atoms with Gasteiger partial charge in [0.25, 0.3) is 5.69 Å². The van der Waals surface area contributed by atoms with Gasteiger partial charge in [-0.1, -0.05) is 6.07 Å². The van der Waals surface area contributed by atoms with Crippen LogP contribution in [0, 0.1) is 30.9 Å². The molecular formula is C17H13NO4. The first-order valence-electron chi connectivity index (χ1n) is 6.82. The summed E-state index contributed by atoms with van der Waals surface area (Å²) in [5.74, 6) is -0.781. The molecular weight excluding hydrogens is 282 g/mol. The van der Waals surface area contributed by atoms with Gasteiger partial charge in [-0.3, -0.25) is 19.7 Å². The van der Waals surface area contributed by atoms with Gasteiger partial charge in [0.05, 0.1) is 4.92 Å². The maximum absolute atomic E-state index is 12.8. The van der Waals surface area contributed by atoms with E-state index in [4.69, 9.17) is 0 Å². The number of nitrogens with zero attached hydrogens (tertiary/aromatic N) is 1. The molecule has 110 valence electrons. The summed E-state index contributed by atoms with van der Waals surface area (Å²) in [7, 11) is 0. The fourth-order valence-corrected chi connectivity index (χ4v) is 2.94. The first-order valence-corrected chi connectivity index (χ1v) is 6.82. The lowest BCUT2D eigenvalue weighted by Crippen LogP contribution is -2.24. The van der Waals surface area contributed by atoms with Crippen LogP contribution in [0.4, 0.5) is 5.69 Å². The van der Waals surface area contributed by atoms with Crippen LogP contribution in [0.5, 0.6) is 0 Å². The minimum Gasteiger partial charge on any atom is -0.289 e. The smallest absolute Gasteiger partial charge is 0.281 e. The zero-order valence-corrected chi connectivity index (χ0v) is 12.4. The molecule has 1 aliphatic rings. The van der Waals surface area contributed by atoms with Crippen LogP contribution >= 0.6 is 0 Å². The third kappa shape index (κ3) is 1.72. The van der Waals surface area contributed by atoms with Gasteiger partial charge < -0.3 is 0 Å². The lowest BCUT2D eigenvalue weighted by atomic mass is 9.79. The summed E-state index contributed by atoms with van der Waals surface area (Å²) in [6, 6.07) is 5.85. The number of hydrogen-bond acceptors (Lipinski definition) is 4. The topological polar surface area (TPSA) is 77.3 Å². The molecule has 0 heterocycles. The predicted molar refractivity (Wildman–Crippen MR) is 80.6 cm³/mol. The van der Waals surface area contributed by atoms with Gasteiger partial charge in [-0.2, -0.15) is 0 Å². The first kappa shape index (κ1) is 14.1. The predicted octanol–water partition coefficient (Wildman–Crippen LogP) is 3.30. The average molecular weight is 295 g/mol. The summed E-state index contributed by atoms with van der Waals surface area (Å²) in [5.41, 5.74) is 2.85. The molecule has 22 heavy (non-hydrogen) atoms. The number of hydrogen-bond donors (Lipinski definition) is 0. The monoisotopic (exact) mass is 295 g/mol. The van der Waals surface area contributed by atoms with Gasteiger partial charge in [-0.05, 0) is 49.6 Å². The van der Waals surface area contributed by atoms with Crippen molar-refractivity contribution in [1.82, 2.24) is 0 Å². The Morgan fingerprint density at radius 2 is 1.59 bits per heavy atom. The summed E-state index contributed by atoms with van der Waals surface area (Å²) in [6.07, 6.45) is 0. The summed E-state index contributed by atoms with van der Waals surface area (Å²) >= 11 is 0. The van der Waals surface area contributed by atoms with Gasteiger partial charge >= 0.3 is 0 Å². The van der Waals surface area contributed by atoms with Gasteiger partial charge in [0.2, 0.25) is 5.78 Å². The van der Waals surface area contributed by atoms with Crippen LogP contribution in [0.15, 0.2) is 24.3 Å². The number of carbonyl (C=O) groups is 2. The molecule has 5 nitrogen and oxygen atoms in total. The van der Waals surface area contributed by atoms with Crippen molar-refractivity contribution >= 4 is 17.3 Å². The van der Waals surface area contributed by atoms with Gasteiger partial charge in [0.1, 0.15) is 5.56 Å². The van der Waals surface area contributed by atoms with Crippen LogP contribution in [-0.2, 0) is 0 Å². The molecule has 2 aromatic rings. The Labute approximate surface area is 126 Å². The molecule has 0 bridgehead atoms. The Balaban J connectivity index is 2.41. The fraction of sp³-hybridized carbons (Fsp3) is 0.176. The summed E-state index contributed by atoms with van der Waals surface area (Å²) in [6.45, 7) is 5.52.